The van der Waals surface area contributed by atoms with E-state index in [1.165, 1.54) is 6.07 Å². The Kier molecular flexibility index (Phi) is 4.71. The average molecular weight is 316 g/mol. The molecule has 0 unspecified atom stereocenters. The van der Waals surface area contributed by atoms with Crippen LogP contribution in [0.1, 0.15) is 11.3 Å². The van der Waals surface area contributed by atoms with E-state index in [1.807, 2.05) is 13.0 Å². The first-order valence-corrected chi connectivity index (χ1v) is 7.74. The van der Waals surface area contributed by atoms with Crippen LogP contribution in [0, 0.1) is 12.7 Å². The molecular formula is C17H21FN4O. The Balaban J connectivity index is 1.64. The van der Waals surface area contributed by atoms with Crippen LogP contribution in [-0.2, 0) is 6.54 Å². The fraction of sp³-hybridized carbons (Fsp3) is 0.412. The van der Waals surface area contributed by atoms with Gasteiger partial charge < -0.3 is 9.64 Å². The quantitative estimate of drug-likeness (QED) is 0.865. The van der Waals surface area contributed by atoms with E-state index in [-0.39, 0.29) is 5.82 Å². The molecule has 2 heterocycles. The van der Waals surface area contributed by atoms with Gasteiger partial charge in [-0.15, -0.1) is 0 Å². The molecule has 0 atom stereocenters. The molecule has 2 aromatic rings. The number of hydrogen-bond acceptors (Lipinski definition) is 5. The van der Waals surface area contributed by atoms with E-state index in [9.17, 15) is 4.39 Å². The topological polar surface area (TPSA) is 41.5 Å². The van der Waals surface area contributed by atoms with Gasteiger partial charge in [-0.1, -0.05) is 12.1 Å². The molecule has 1 aromatic heterocycles. The minimum absolute atomic E-state index is 0.178. The Morgan fingerprint density at radius 2 is 1.96 bits per heavy atom. The minimum atomic E-state index is -0.178. The van der Waals surface area contributed by atoms with Crippen LogP contribution in [0.5, 0.6) is 5.75 Å². The van der Waals surface area contributed by atoms with Crippen molar-refractivity contribution in [2.45, 2.75) is 13.5 Å². The number of rotatable bonds is 4. The minimum Gasteiger partial charge on any atom is -0.491 e. The highest BCUT2D eigenvalue weighted by atomic mass is 19.1. The van der Waals surface area contributed by atoms with Gasteiger partial charge in [-0.2, -0.15) is 0 Å². The summed E-state index contributed by atoms with van der Waals surface area (Å²) in [6.07, 6.45) is 1.58. The Morgan fingerprint density at radius 1 is 1.17 bits per heavy atom. The summed E-state index contributed by atoms with van der Waals surface area (Å²) in [7, 11) is 1.65. The number of nitrogens with zero attached hydrogens (tertiary/aromatic N) is 4. The first kappa shape index (κ1) is 15.7. The molecule has 1 aliphatic heterocycles. The third-order valence-electron chi connectivity index (χ3n) is 4.13. The molecule has 1 fully saturated rings. The van der Waals surface area contributed by atoms with Gasteiger partial charge in [0.25, 0.3) is 0 Å². The van der Waals surface area contributed by atoms with Crippen molar-refractivity contribution in [1.29, 1.82) is 0 Å². The highest BCUT2D eigenvalue weighted by Gasteiger charge is 2.22. The molecule has 5 nitrogen and oxygen atoms in total. The molecule has 3 rings (SSSR count). The zero-order valence-electron chi connectivity index (χ0n) is 13.5. The Labute approximate surface area is 135 Å². The summed E-state index contributed by atoms with van der Waals surface area (Å²) in [6, 6.07) is 6.80. The normalized spacial score (nSPS) is 15.7. The predicted octanol–water partition coefficient (Wildman–Crippen LogP) is 2.25. The fourth-order valence-electron chi connectivity index (χ4n) is 2.92. The van der Waals surface area contributed by atoms with Gasteiger partial charge in [0.15, 0.2) is 11.6 Å². The number of halogens is 1. The molecule has 122 valence electrons. The third kappa shape index (κ3) is 3.59. The standard InChI is InChI=1S/C17H21FN4O/c1-13-16(23-2)17(20-12-19-13)22-8-6-21(7-9-22)11-14-4-3-5-15(18)10-14/h3-5,10,12H,6-9,11H2,1-2H3. The SMILES string of the molecule is COc1c(C)ncnc1N1CCN(Cc2cccc(F)c2)CC1. The van der Waals surface area contributed by atoms with Crippen molar-refractivity contribution in [3.05, 3.63) is 47.7 Å². The van der Waals surface area contributed by atoms with Gasteiger partial charge in [0.1, 0.15) is 12.1 Å². The zero-order valence-corrected chi connectivity index (χ0v) is 13.5. The second kappa shape index (κ2) is 6.91. The van der Waals surface area contributed by atoms with E-state index in [4.69, 9.17) is 4.74 Å². The van der Waals surface area contributed by atoms with Crippen LogP contribution in [0.2, 0.25) is 0 Å². The molecule has 0 spiro atoms. The van der Waals surface area contributed by atoms with E-state index in [2.05, 4.69) is 19.8 Å². The summed E-state index contributed by atoms with van der Waals surface area (Å²) in [6.45, 7) is 6.23. The maximum atomic E-state index is 13.3. The van der Waals surface area contributed by atoms with Crippen molar-refractivity contribution in [2.75, 3.05) is 38.2 Å². The molecule has 0 bridgehead atoms. The number of ether oxygens (including phenoxy) is 1. The van der Waals surface area contributed by atoms with Crippen LogP contribution < -0.4 is 9.64 Å². The van der Waals surface area contributed by atoms with Gasteiger partial charge in [0.05, 0.1) is 12.8 Å². The molecule has 6 heteroatoms. The number of hydrogen-bond donors (Lipinski definition) is 0. The number of aromatic nitrogens is 2. The number of benzene rings is 1. The van der Waals surface area contributed by atoms with Crippen LogP contribution in [0.4, 0.5) is 10.2 Å². The summed E-state index contributed by atoms with van der Waals surface area (Å²) < 4.78 is 18.7. The van der Waals surface area contributed by atoms with Crippen molar-refractivity contribution in [3.63, 3.8) is 0 Å². The molecule has 1 saturated heterocycles. The Hall–Kier alpha value is -2.21. The smallest absolute Gasteiger partial charge is 0.182 e. The lowest BCUT2D eigenvalue weighted by Crippen LogP contribution is -2.46. The van der Waals surface area contributed by atoms with Gasteiger partial charge >= 0.3 is 0 Å². The summed E-state index contributed by atoms with van der Waals surface area (Å²) in [4.78, 5) is 13.1. The monoisotopic (exact) mass is 316 g/mol. The van der Waals surface area contributed by atoms with Crippen LogP contribution in [0.3, 0.4) is 0 Å². The largest absolute Gasteiger partial charge is 0.491 e. The molecule has 0 amide bonds. The van der Waals surface area contributed by atoms with Crippen molar-refractivity contribution >= 4 is 5.82 Å². The van der Waals surface area contributed by atoms with Crippen LogP contribution in [0.15, 0.2) is 30.6 Å². The summed E-state index contributed by atoms with van der Waals surface area (Å²) in [5.74, 6) is 1.42. The van der Waals surface area contributed by atoms with E-state index >= 15 is 0 Å². The molecule has 0 N–H and O–H groups in total. The summed E-state index contributed by atoms with van der Waals surface area (Å²) in [5.41, 5.74) is 1.86. The van der Waals surface area contributed by atoms with Crippen molar-refractivity contribution < 1.29 is 9.13 Å². The third-order valence-corrected chi connectivity index (χ3v) is 4.13. The number of anilines is 1. The average Bonchev–Trinajstić information content (AvgIpc) is 2.55. The van der Waals surface area contributed by atoms with E-state index in [1.54, 1.807) is 25.6 Å². The van der Waals surface area contributed by atoms with Crippen molar-refractivity contribution in [3.8, 4) is 5.75 Å². The molecule has 1 aromatic carbocycles. The highest BCUT2D eigenvalue weighted by Crippen LogP contribution is 2.28. The molecule has 0 saturated carbocycles. The number of methoxy groups -OCH3 is 1. The van der Waals surface area contributed by atoms with E-state index < -0.39 is 0 Å². The van der Waals surface area contributed by atoms with Gasteiger partial charge in [-0.25, -0.2) is 14.4 Å². The van der Waals surface area contributed by atoms with Crippen LogP contribution in [0.25, 0.3) is 0 Å². The summed E-state index contributed by atoms with van der Waals surface area (Å²) >= 11 is 0. The van der Waals surface area contributed by atoms with Gasteiger partial charge in [-0.05, 0) is 24.6 Å². The maximum absolute atomic E-state index is 13.3. The lowest BCUT2D eigenvalue weighted by molar-refractivity contribution is 0.248. The number of aryl methyl sites for hydroxylation is 1. The Bertz CT molecular complexity index is 671. The molecular weight excluding hydrogens is 295 g/mol. The molecule has 23 heavy (non-hydrogen) atoms. The second-order valence-corrected chi connectivity index (χ2v) is 5.71. The van der Waals surface area contributed by atoms with Crippen LogP contribution in [-0.4, -0.2) is 48.2 Å². The first-order valence-electron chi connectivity index (χ1n) is 7.74. The zero-order chi connectivity index (χ0) is 16.2. The first-order chi connectivity index (χ1) is 11.2. The lowest BCUT2D eigenvalue weighted by Gasteiger charge is -2.35. The highest BCUT2D eigenvalue weighted by molar-refractivity contribution is 5.54. The molecule has 1 aliphatic rings. The van der Waals surface area contributed by atoms with Gasteiger partial charge in [-0.3, -0.25) is 4.90 Å². The lowest BCUT2D eigenvalue weighted by atomic mass is 10.2. The van der Waals surface area contributed by atoms with Gasteiger partial charge in [0, 0.05) is 32.7 Å². The summed E-state index contributed by atoms with van der Waals surface area (Å²) in [5, 5.41) is 0. The Morgan fingerprint density at radius 3 is 2.65 bits per heavy atom. The maximum Gasteiger partial charge on any atom is 0.182 e. The fourth-order valence-corrected chi connectivity index (χ4v) is 2.92. The molecule has 0 radical (unpaired) electrons. The van der Waals surface area contributed by atoms with Crippen molar-refractivity contribution in [1.82, 2.24) is 14.9 Å². The second-order valence-electron chi connectivity index (χ2n) is 5.71. The predicted molar refractivity (Wildman–Crippen MR) is 87.2 cm³/mol. The van der Waals surface area contributed by atoms with Crippen molar-refractivity contribution in [2.24, 2.45) is 0 Å². The number of piperazine rings is 1. The molecule has 0 aliphatic carbocycles. The van der Waals surface area contributed by atoms with E-state index in [0.29, 0.717) is 0 Å². The van der Waals surface area contributed by atoms with Gasteiger partial charge in [0.2, 0.25) is 0 Å². The van der Waals surface area contributed by atoms with Crippen LogP contribution >= 0.6 is 0 Å². The van der Waals surface area contributed by atoms with E-state index in [0.717, 1.165) is 55.5 Å².